The number of nitrogens with zero attached hydrogens (tertiary/aromatic N) is 1. The largest absolute Gasteiger partial charge is 0.315 e. The number of hydrogen-bond acceptors (Lipinski definition) is 3. The summed E-state index contributed by atoms with van der Waals surface area (Å²) in [6.07, 6.45) is 1.26. The molecule has 1 aromatic carbocycles. The molecule has 70 valence electrons. The van der Waals surface area contributed by atoms with Crippen molar-refractivity contribution in [2.24, 2.45) is 4.99 Å². The Kier molecular flexibility index (Phi) is 2.10. The number of Topliss-reactive ketones (excluding diaryl/α,β-unsaturated/α-hetero) is 1. The van der Waals surface area contributed by atoms with Crippen LogP contribution in [0.1, 0.15) is 10.4 Å². The molecular weight excluding hydrogens is 180 g/mol. The van der Waals surface area contributed by atoms with Crippen LogP contribution in [0.4, 0.5) is 0 Å². The van der Waals surface area contributed by atoms with Crippen LogP contribution >= 0.6 is 0 Å². The van der Waals surface area contributed by atoms with Gasteiger partial charge in [-0.2, -0.15) is 0 Å². The van der Waals surface area contributed by atoms with Gasteiger partial charge in [-0.05, 0) is 0 Å². The molecule has 1 amide bonds. The number of ketones is 1. The van der Waals surface area contributed by atoms with Crippen molar-refractivity contribution < 1.29 is 9.59 Å². The highest BCUT2D eigenvalue weighted by Crippen LogP contribution is 2.07. The fourth-order valence-corrected chi connectivity index (χ4v) is 1.27. The van der Waals surface area contributed by atoms with Gasteiger partial charge >= 0.3 is 0 Å². The van der Waals surface area contributed by atoms with Crippen molar-refractivity contribution in [1.82, 2.24) is 5.32 Å². The summed E-state index contributed by atoms with van der Waals surface area (Å²) >= 11 is 0. The van der Waals surface area contributed by atoms with E-state index in [0.29, 0.717) is 5.56 Å². The topological polar surface area (TPSA) is 58.5 Å². The van der Waals surface area contributed by atoms with Crippen molar-refractivity contribution in [2.75, 3.05) is 0 Å². The van der Waals surface area contributed by atoms with Gasteiger partial charge in [0.05, 0.1) is 6.34 Å². The molecule has 1 N–H and O–H groups in total. The van der Waals surface area contributed by atoms with Gasteiger partial charge in [0.2, 0.25) is 0 Å². The van der Waals surface area contributed by atoms with E-state index in [0.717, 1.165) is 0 Å². The number of nitrogens with one attached hydrogen (secondary N) is 1. The maximum Gasteiger partial charge on any atom is 0.258 e. The third-order valence-electron chi connectivity index (χ3n) is 1.99. The van der Waals surface area contributed by atoms with E-state index in [2.05, 4.69) is 10.3 Å². The highest BCUT2D eigenvalue weighted by atomic mass is 16.2. The monoisotopic (exact) mass is 188 g/mol. The van der Waals surface area contributed by atoms with Gasteiger partial charge in [-0.25, -0.2) is 0 Å². The van der Waals surface area contributed by atoms with Crippen LogP contribution in [0.15, 0.2) is 35.3 Å². The molecule has 1 heterocycles. The fraction of sp³-hybridized carbons (Fsp3) is 0.100. The number of benzene rings is 1. The second kappa shape index (κ2) is 3.41. The first kappa shape index (κ1) is 8.62. The van der Waals surface area contributed by atoms with E-state index in [1.54, 1.807) is 24.3 Å². The van der Waals surface area contributed by atoms with Gasteiger partial charge in [0, 0.05) is 5.56 Å². The quantitative estimate of drug-likeness (QED) is 0.539. The van der Waals surface area contributed by atoms with Crippen molar-refractivity contribution >= 4 is 18.0 Å². The second-order valence-electron chi connectivity index (χ2n) is 2.92. The number of aliphatic imine (C=N–C) groups is 1. The van der Waals surface area contributed by atoms with Crippen LogP contribution in [0.3, 0.4) is 0 Å². The molecule has 1 aliphatic rings. The first-order chi connectivity index (χ1) is 6.79. The normalized spacial score (nSPS) is 19.4. The molecule has 0 aliphatic carbocycles. The average Bonchev–Trinajstić information content (AvgIpc) is 2.65. The Balaban J connectivity index is 2.25. The maximum atomic E-state index is 11.7. The highest BCUT2D eigenvalue weighted by molar-refractivity contribution is 6.18. The van der Waals surface area contributed by atoms with E-state index < -0.39 is 6.04 Å². The molecule has 1 aliphatic heterocycles. The lowest BCUT2D eigenvalue weighted by atomic mass is 10.1. The van der Waals surface area contributed by atoms with Gasteiger partial charge in [0.15, 0.2) is 11.8 Å². The zero-order chi connectivity index (χ0) is 9.97. The summed E-state index contributed by atoms with van der Waals surface area (Å²) in [5, 5.41) is 2.37. The molecule has 14 heavy (non-hydrogen) atoms. The number of amides is 1. The molecule has 0 aromatic heterocycles. The number of carbonyl (C=O) groups is 2. The van der Waals surface area contributed by atoms with Crippen molar-refractivity contribution in [1.29, 1.82) is 0 Å². The molecule has 1 atom stereocenters. The molecule has 4 nitrogen and oxygen atoms in total. The molecule has 0 bridgehead atoms. The Hall–Kier alpha value is -1.97. The van der Waals surface area contributed by atoms with Crippen molar-refractivity contribution in [3.8, 4) is 0 Å². The van der Waals surface area contributed by atoms with Crippen molar-refractivity contribution in [2.45, 2.75) is 6.04 Å². The predicted molar refractivity (Wildman–Crippen MR) is 51.2 cm³/mol. The van der Waals surface area contributed by atoms with Crippen LogP contribution in [0.5, 0.6) is 0 Å². The molecule has 0 spiro atoms. The number of hydrogen-bond donors (Lipinski definition) is 1. The van der Waals surface area contributed by atoms with E-state index in [1.807, 2.05) is 6.07 Å². The zero-order valence-corrected chi connectivity index (χ0v) is 7.31. The predicted octanol–water partition coefficient (Wildman–Crippen LogP) is 0.396. The van der Waals surface area contributed by atoms with Crippen LogP contribution in [0, 0.1) is 0 Å². The Morgan fingerprint density at radius 1 is 1.29 bits per heavy atom. The molecular formula is C10H8N2O2. The lowest BCUT2D eigenvalue weighted by Crippen LogP contribution is -2.31. The van der Waals surface area contributed by atoms with E-state index in [9.17, 15) is 9.59 Å². The summed E-state index contributed by atoms with van der Waals surface area (Å²) in [6, 6.07) is 7.76. The third kappa shape index (κ3) is 1.42. The summed E-state index contributed by atoms with van der Waals surface area (Å²) in [4.78, 5) is 26.6. The Bertz CT molecular complexity index is 398. The van der Waals surface area contributed by atoms with E-state index >= 15 is 0 Å². The number of rotatable bonds is 2. The SMILES string of the molecule is O=C1NC=NC1C(=O)c1ccccc1. The van der Waals surface area contributed by atoms with Crippen LogP contribution in [-0.2, 0) is 4.79 Å². The summed E-state index contributed by atoms with van der Waals surface area (Å²) < 4.78 is 0. The summed E-state index contributed by atoms with van der Waals surface area (Å²) in [6.45, 7) is 0. The zero-order valence-electron chi connectivity index (χ0n) is 7.31. The van der Waals surface area contributed by atoms with E-state index in [4.69, 9.17) is 0 Å². The molecule has 0 radical (unpaired) electrons. The summed E-state index contributed by atoms with van der Waals surface area (Å²) in [5.41, 5.74) is 0.506. The Morgan fingerprint density at radius 2 is 2.00 bits per heavy atom. The molecule has 0 fully saturated rings. The molecule has 0 saturated heterocycles. The van der Waals surface area contributed by atoms with Crippen molar-refractivity contribution in [3.63, 3.8) is 0 Å². The van der Waals surface area contributed by atoms with Crippen LogP contribution in [-0.4, -0.2) is 24.1 Å². The first-order valence-electron chi connectivity index (χ1n) is 4.20. The summed E-state index contributed by atoms with van der Waals surface area (Å²) in [5.74, 6) is -0.629. The fourth-order valence-electron chi connectivity index (χ4n) is 1.27. The molecule has 4 heteroatoms. The van der Waals surface area contributed by atoms with E-state index in [1.165, 1.54) is 6.34 Å². The van der Waals surface area contributed by atoms with Gasteiger partial charge in [0.1, 0.15) is 0 Å². The van der Waals surface area contributed by atoms with Gasteiger partial charge < -0.3 is 5.32 Å². The molecule has 0 saturated carbocycles. The van der Waals surface area contributed by atoms with Crippen LogP contribution in [0.25, 0.3) is 0 Å². The van der Waals surface area contributed by atoms with Crippen LogP contribution in [0.2, 0.25) is 0 Å². The smallest absolute Gasteiger partial charge is 0.258 e. The summed E-state index contributed by atoms with van der Waals surface area (Å²) in [7, 11) is 0. The van der Waals surface area contributed by atoms with E-state index in [-0.39, 0.29) is 11.7 Å². The minimum absolute atomic E-state index is 0.267. The maximum absolute atomic E-state index is 11.7. The van der Waals surface area contributed by atoms with Crippen molar-refractivity contribution in [3.05, 3.63) is 35.9 Å². The van der Waals surface area contributed by atoms with Gasteiger partial charge in [-0.15, -0.1) is 0 Å². The standard InChI is InChI=1S/C10H8N2O2/c13-9(7-4-2-1-3-5-7)8-10(14)12-6-11-8/h1-6,8H,(H,11,12,14). The van der Waals surface area contributed by atoms with Gasteiger partial charge in [-0.1, -0.05) is 30.3 Å². The minimum Gasteiger partial charge on any atom is -0.315 e. The van der Waals surface area contributed by atoms with Gasteiger partial charge in [0.25, 0.3) is 5.91 Å². The van der Waals surface area contributed by atoms with Gasteiger partial charge in [-0.3, -0.25) is 14.6 Å². The Labute approximate surface area is 80.7 Å². The molecule has 1 aromatic rings. The molecule has 2 rings (SSSR count). The molecule has 1 unspecified atom stereocenters. The second-order valence-corrected chi connectivity index (χ2v) is 2.92. The highest BCUT2D eigenvalue weighted by Gasteiger charge is 2.28. The lowest BCUT2D eigenvalue weighted by molar-refractivity contribution is -0.119. The lowest BCUT2D eigenvalue weighted by Gasteiger charge is -2.03. The number of carbonyl (C=O) groups excluding carboxylic acids is 2. The first-order valence-corrected chi connectivity index (χ1v) is 4.20. The average molecular weight is 188 g/mol. The third-order valence-corrected chi connectivity index (χ3v) is 1.99. The minimum atomic E-state index is -0.905. The Morgan fingerprint density at radius 3 is 2.57 bits per heavy atom. The van der Waals surface area contributed by atoms with Crippen LogP contribution < -0.4 is 5.32 Å².